The molecule has 2 amide bonds. The maximum absolute atomic E-state index is 11.9. The van der Waals surface area contributed by atoms with Gasteiger partial charge in [-0.25, -0.2) is 0 Å². The van der Waals surface area contributed by atoms with Gasteiger partial charge in [-0.05, 0) is 24.6 Å². The molecule has 0 N–H and O–H groups in total. The van der Waals surface area contributed by atoms with Crippen molar-refractivity contribution in [2.45, 2.75) is 13.5 Å². The third kappa shape index (κ3) is 2.74. The van der Waals surface area contributed by atoms with E-state index in [0.29, 0.717) is 31.7 Å². The quantitative estimate of drug-likeness (QED) is 0.750. The highest BCUT2D eigenvalue weighted by Gasteiger charge is 2.31. The molecule has 98 valence electrons. The van der Waals surface area contributed by atoms with Crippen molar-refractivity contribution in [3.8, 4) is 6.07 Å². The highest BCUT2D eigenvalue weighted by atomic mass is 16.2. The Kier molecular flexibility index (Phi) is 3.81. The van der Waals surface area contributed by atoms with Crippen molar-refractivity contribution >= 4 is 11.8 Å². The van der Waals surface area contributed by atoms with Crippen LogP contribution in [0.4, 0.5) is 0 Å². The number of hydrogen-bond donors (Lipinski definition) is 0. The van der Waals surface area contributed by atoms with Crippen molar-refractivity contribution in [1.82, 2.24) is 9.80 Å². The minimum atomic E-state index is -0.463. The van der Waals surface area contributed by atoms with E-state index >= 15 is 0 Å². The summed E-state index contributed by atoms with van der Waals surface area (Å²) >= 11 is 0. The Morgan fingerprint density at radius 1 is 1.21 bits per heavy atom. The van der Waals surface area contributed by atoms with Crippen LogP contribution in [-0.2, 0) is 16.1 Å². The molecule has 1 aliphatic rings. The zero-order chi connectivity index (χ0) is 13.8. The summed E-state index contributed by atoms with van der Waals surface area (Å²) in [6.45, 7) is 3.89. The number of nitriles is 1. The van der Waals surface area contributed by atoms with Crippen molar-refractivity contribution in [1.29, 1.82) is 5.26 Å². The molecule has 0 unspecified atom stereocenters. The molecule has 0 atom stereocenters. The lowest BCUT2D eigenvalue weighted by atomic mass is 10.1. The fraction of sp³-hybridized carbons (Fsp3) is 0.357. The predicted octanol–water partition coefficient (Wildman–Crippen LogP) is 0.749. The lowest BCUT2D eigenvalue weighted by molar-refractivity contribution is -0.156. The molecule has 5 nitrogen and oxygen atoms in total. The molecule has 1 fully saturated rings. The lowest BCUT2D eigenvalue weighted by Crippen LogP contribution is -2.53. The Labute approximate surface area is 112 Å². The minimum absolute atomic E-state index is 0.373. The summed E-state index contributed by atoms with van der Waals surface area (Å²) in [5, 5.41) is 8.84. The van der Waals surface area contributed by atoms with Gasteiger partial charge < -0.3 is 9.80 Å². The molecule has 19 heavy (non-hydrogen) atoms. The van der Waals surface area contributed by atoms with E-state index in [1.165, 1.54) is 4.90 Å². The number of hydrogen-bond acceptors (Lipinski definition) is 3. The largest absolute Gasteiger partial charge is 0.333 e. The van der Waals surface area contributed by atoms with Crippen molar-refractivity contribution in [2.24, 2.45) is 0 Å². The van der Waals surface area contributed by atoms with Crippen LogP contribution in [0.5, 0.6) is 0 Å². The summed E-state index contributed by atoms with van der Waals surface area (Å²) in [5.41, 5.74) is 1.42. The van der Waals surface area contributed by atoms with Gasteiger partial charge in [-0.15, -0.1) is 0 Å². The van der Waals surface area contributed by atoms with Crippen LogP contribution in [0.1, 0.15) is 18.1 Å². The second-order valence-corrected chi connectivity index (χ2v) is 4.42. The van der Waals surface area contributed by atoms with Crippen molar-refractivity contribution in [3.63, 3.8) is 0 Å². The number of likely N-dealkylation sites (N-methyl/N-ethyl adjacent to an activating group) is 1. The van der Waals surface area contributed by atoms with E-state index in [1.807, 2.05) is 13.0 Å². The molecule has 1 aromatic carbocycles. The molecule has 0 aliphatic carbocycles. The maximum Gasteiger partial charge on any atom is 0.312 e. The molecule has 0 radical (unpaired) electrons. The Balaban J connectivity index is 2.10. The summed E-state index contributed by atoms with van der Waals surface area (Å²) in [6, 6.07) is 9.15. The molecule has 0 aromatic heterocycles. The van der Waals surface area contributed by atoms with Gasteiger partial charge in [0.25, 0.3) is 0 Å². The van der Waals surface area contributed by atoms with Gasteiger partial charge in [0.15, 0.2) is 0 Å². The lowest BCUT2D eigenvalue weighted by Gasteiger charge is -2.33. The van der Waals surface area contributed by atoms with Gasteiger partial charge in [-0.2, -0.15) is 5.26 Å². The smallest absolute Gasteiger partial charge is 0.312 e. The van der Waals surface area contributed by atoms with Crippen molar-refractivity contribution in [3.05, 3.63) is 35.4 Å². The summed E-state index contributed by atoms with van der Waals surface area (Å²) in [4.78, 5) is 26.8. The average molecular weight is 257 g/mol. The first kappa shape index (κ1) is 13.1. The molecule has 0 saturated carbocycles. The molecule has 5 heteroatoms. The van der Waals surface area contributed by atoms with E-state index in [4.69, 9.17) is 5.26 Å². The fourth-order valence-electron chi connectivity index (χ4n) is 2.13. The molecule has 1 heterocycles. The number of nitrogens with zero attached hydrogens (tertiary/aromatic N) is 3. The number of carbonyl (C=O) groups is 2. The molecule has 0 bridgehead atoms. The summed E-state index contributed by atoms with van der Waals surface area (Å²) in [5.74, 6) is -0.902. The van der Waals surface area contributed by atoms with Crippen LogP contribution in [0.15, 0.2) is 24.3 Å². The van der Waals surface area contributed by atoms with Gasteiger partial charge in [0, 0.05) is 26.2 Å². The van der Waals surface area contributed by atoms with Gasteiger partial charge in [0.2, 0.25) is 0 Å². The van der Waals surface area contributed by atoms with Crippen LogP contribution < -0.4 is 0 Å². The molecule has 1 aromatic rings. The van der Waals surface area contributed by atoms with E-state index in [0.717, 1.165) is 5.56 Å². The number of amides is 2. The molecule has 2 rings (SSSR count). The fourth-order valence-corrected chi connectivity index (χ4v) is 2.13. The monoisotopic (exact) mass is 257 g/mol. The molecule has 1 aliphatic heterocycles. The first-order valence-corrected chi connectivity index (χ1v) is 6.23. The molecular formula is C14H15N3O2. The average Bonchev–Trinajstić information content (AvgIpc) is 2.44. The van der Waals surface area contributed by atoms with Gasteiger partial charge in [0.05, 0.1) is 11.6 Å². The number of carbonyl (C=O) groups excluding carboxylic acids is 2. The Bertz CT molecular complexity index is 548. The van der Waals surface area contributed by atoms with Gasteiger partial charge >= 0.3 is 11.8 Å². The van der Waals surface area contributed by atoms with E-state index in [-0.39, 0.29) is 0 Å². The highest BCUT2D eigenvalue weighted by molar-refractivity contribution is 6.35. The van der Waals surface area contributed by atoms with E-state index < -0.39 is 11.8 Å². The van der Waals surface area contributed by atoms with Gasteiger partial charge in [-0.3, -0.25) is 9.59 Å². The normalized spacial score (nSPS) is 15.6. The molecule has 1 saturated heterocycles. The standard InChI is InChI=1S/C14H15N3O2/c1-2-16-6-7-17(14(19)13(16)18)10-12-5-3-4-11(8-12)9-15/h3-5,8H,2,6-7,10H2,1H3. The first-order chi connectivity index (χ1) is 9.15. The number of benzene rings is 1. The van der Waals surface area contributed by atoms with Gasteiger partial charge in [0.1, 0.15) is 0 Å². The van der Waals surface area contributed by atoms with E-state index in [2.05, 4.69) is 6.07 Å². The third-order valence-electron chi connectivity index (χ3n) is 3.21. The zero-order valence-electron chi connectivity index (χ0n) is 10.8. The van der Waals surface area contributed by atoms with Crippen LogP contribution in [0.3, 0.4) is 0 Å². The third-order valence-corrected chi connectivity index (χ3v) is 3.21. The minimum Gasteiger partial charge on any atom is -0.333 e. The van der Waals surface area contributed by atoms with E-state index in [9.17, 15) is 9.59 Å². The van der Waals surface area contributed by atoms with Crippen LogP contribution in [-0.4, -0.2) is 41.2 Å². The van der Waals surface area contributed by atoms with Crippen LogP contribution in [0.2, 0.25) is 0 Å². The topological polar surface area (TPSA) is 64.4 Å². The summed E-state index contributed by atoms with van der Waals surface area (Å²) < 4.78 is 0. The van der Waals surface area contributed by atoms with Gasteiger partial charge in [-0.1, -0.05) is 12.1 Å². The van der Waals surface area contributed by atoms with Crippen molar-refractivity contribution in [2.75, 3.05) is 19.6 Å². The van der Waals surface area contributed by atoms with Crippen molar-refractivity contribution < 1.29 is 9.59 Å². The highest BCUT2D eigenvalue weighted by Crippen LogP contribution is 2.11. The van der Waals surface area contributed by atoms with E-state index in [1.54, 1.807) is 23.1 Å². The zero-order valence-corrected chi connectivity index (χ0v) is 10.8. The first-order valence-electron chi connectivity index (χ1n) is 6.23. The second kappa shape index (κ2) is 5.53. The molecule has 0 spiro atoms. The number of rotatable bonds is 3. The Morgan fingerprint density at radius 3 is 2.58 bits per heavy atom. The summed E-state index contributed by atoms with van der Waals surface area (Å²) in [7, 11) is 0. The van der Waals surface area contributed by atoms with Crippen LogP contribution >= 0.6 is 0 Å². The summed E-state index contributed by atoms with van der Waals surface area (Å²) in [6.07, 6.45) is 0. The molecular weight excluding hydrogens is 242 g/mol. The van der Waals surface area contributed by atoms with Crippen LogP contribution in [0, 0.1) is 11.3 Å². The Morgan fingerprint density at radius 2 is 1.89 bits per heavy atom. The Hall–Kier alpha value is -2.35. The SMILES string of the molecule is CCN1CCN(Cc2cccc(C#N)c2)C(=O)C1=O. The number of piperazine rings is 1. The van der Waals surface area contributed by atoms with Crippen LogP contribution in [0.25, 0.3) is 0 Å². The second-order valence-electron chi connectivity index (χ2n) is 4.42. The predicted molar refractivity (Wildman–Crippen MR) is 68.8 cm³/mol. The maximum atomic E-state index is 11.9.